The van der Waals surface area contributed by atoms with Crippen molar-refractivity contribution in [3.63, 3.8) is 0 Å². The van der Waals surface area contributed by atoms with Crippen LogP contribution in [-0.2, 0) is 39.5 Å². The van der Waals surface area contributed by atoms with Gasteiger partial charge in [-0.2, -0.15) is 0 Å². The summed E-state index contributed by atoms with van der Waals surface area (Å²) in [6, 6.07) is 2.41. The van der Waals surface area contributed by atoms with Gasteiger partial charge in [0, 0.05) is 22.6 Å². The molecule has 0 saturated heterocycles. The molecule has 6 rings (SSSR count). The Kier molecular flexibility index (Phi) is 5.35. The number of aromatic nitrogens is 2. The molecule has 0 radical (unpaired) electrons. The highest BCUT2D eigenvalue weighted by molar-refractivity contribution is 9.10. The van der Waals surface area contributed by atoms with Crippen LogP contribution in [0.1, 0.15) is 60.5 Å². The molecular weight excluding hydrogens is 549 g/mol. The minimum Gasteiger partial charge on any atom is -0.458 e. The fourth-order valence-corrected chi connectivity index (χ4v) is 6.30. The standard InChI is InChI=1S/C26H23BrFN3O6/c1-3-26(36)14-6-18-22-12(8-31(18)24(34)13(14)9-37-25(26)35)20-16(30-23(33)10(2)32)5-4-11-19(20)17(29-22)7-15(28)21(11)27/h6-7,10,16,32,36H,3-5,8-9H2,1-2H3,(H,30,33)/t10-,16+,26+/m1/s1. The number of esters is 1. The number of rotatable bonds is 3. The number of pyridine rings is 2. The van der Waals surface area contributed by atoms with Gasteiger partial charge >= 0.3 is 5.97 Å². The lowest BCUT2D eigenvalue weighted by Crippen LogP contribution is -2.44. The minimum atomic E-state index is -1.96. The Morgan fingerprint density at radius 2 is 2.11 bits per heavy atom. The lowest BCUT2D eigenvalue weighted by Gasteiger charge is -2.31. The summed E-state index contributed by atoms with van der Waals surface area (Å²) >= 11 is 3.36. The number of nitrogens with one attached hydrogen (secondary N) is 1. The molecule has 0 saturated carbocycles. The van der Waals surface area contributed by atoms with Crippen LogP contribution in [0.4, 0.5) is 4.39 Å². The van der Waals surface area contributed by atoms with Gasteiger partial charge in [-0.3, -0.25) is 9.59 Å². The van der Waals surface area contributed by atoms with Crippen molar-refractivity contribution in [2.24, 2.45) is 0 Å². The fraction of sp³-hybridized carbons (Fsp3) is 0.385. The number of fused-ring (bicyclic) bond motifs is 5. The number of aliphatic hydroxyl groups is 2. The molecule has 0 spiro atoms. The zero-order chi connectivity index (χ0) is 26.4. The third-order valence-electron chi connectivity index (χ3n) is 7.74. The van der Waals surface area contributed by atoms with E-state index < -0.39 is 41.0 Å². The summed E-state index contributed by atoms with van der Waals surface area (Å²) in [5.41, 5.74) is 1.33. The zero-order valence-electron chi connectivity index (χ0n) is 20.0. The third kappa shape index (κ3) is 3.27. The molecule has 1 aromatic carbocycles. The quantitative estimate of drug-likeness (QED) is 0.322. The number of aryl methyl sites for hydroxylation is 1. The first-order valence-corrected chi connectivity index (χ1v) is 12.8. The fourth-order valence-electron chi connectivity index (χ4n) is 5.79. The highest BCUT2D eigenvalue weighted by Gasteiger charge is 2.46. The normalized spacial score (nSPS) is 22.2. The topological polar surface area (TPSA) is 131 Å². The molecule has 3 N–H and O–H groups in total. The SMILES string of the molecule is CC[C@@]1(O)C(=O)OCc2c1cc1n(c2=O)Cc2c-1nc1cc(F)c(Br)c3c1c2[C@@H](NC(=O)[C@@H](C)O)CC3. The first-order chi connectivity index (χ1) is 17.6. The molecule has 37 heavy (non-hydrogen) atoms. The molecule has 0 bridgehead atoms. The molecule has 3 atom stereocenters. The predicted molar refractivity (Wildman–Crippen MR) is 133 cm³/mol. The Morgan fingerprint density at radius 1 is 1.35 bits per heavy atom. The molecule has 9 nitrogen and oxygen atoms in total. The van der Waals surface area contributed by atoms with Gasteiger partial charge in [0.05, 0.1) is 39.5 Å². The molecule has 11 heteroatoms. The van der Waals surface area contributed by atoms with Crippen LogP contribution in [0, 0.1) is 5.82 Å². The molecule has 192 valence electrons. The van der Waals surface area contributed by atoms with Crippen LogP contribution < -0.4 is 10.9 Å². The van der Waals surface area contributed by atoms with Gasteiger partial charge in [0.1, 0.15) is 18.5 Å². The van der Waals surface area contributed by atoms with Crippen LogP contribution in [0.5, 0.6) is 0 Å². The van der Waals surface area contributed by atoms with Gasteiger partial charge in [0.15, 0.2) is 5.60 Å². The van der Waals surface area contributed by atoms with Crippen LogP contribution in [-0.4, -0.2) is 37.7 Å². The van der Waals surface area contributed by atoms with Crippen molar-refractivity contribution in [1.82, 2.24) is 14.9 Å². The Bertz CT molecular complexity index is 1620. The highest BCUT2D eigenvalue weighted by atomic mass is 79.9. The maximum atomic E-state index is 14.9. The van der Waals surface area contributed by atoms with Gasteiger partial charge in [-0.1, -0.05) is 6.92 Å². The molecule has 3 aromatic rings. The van der Waals surface area contributed by atoms with Crippen molar-refractivity contribution >= 4 is 38.7 Å². The molecule has 1 amide bonds. The zero-order valence-corrected chi connectivity index (χ0v) is 21.6. The predicted octanol–water partition coefficient (Wildman–Crippen LogP) is 2.47. The van der Waals surface area contributed by atoms with E-state index in [4.69, 9.17) is 9.72 Å². The number of cyclic esters (lactones) is 1. The first-order valence-electron chi connectivity index (χ1n) is 12.1. The van der Waals surface area contributed by atoms with E-state index in [1.165, 1.54) is 17.6 Å². The molecule has 0 unspecified atom stereocenters. The van der Waals surface area contributed by atoms with E-state index in [0.717, 1.165) is 11.1 Å². The smallest absolute Gasteiger partial charge is 0.343 e. The van der Waals surface area contributed by atoms with Crippen LogP contribution in [0.3, 0.4) is 0 Å². The lowest BCUT2D eigenvalue weighted by atomic mass is 9.83. The van der Waals surface area contributed by atoms with Gasteiger partial charge < -0.3 is 24.8 Å². The van der Waals surface area contributed by atoms with Crippen molar-refractivity contribution in [2.75, 3.05) is 0 Å². The van der Waals surface area contributed by atoms with Gasteiger partial charge in [-0.15, -0.1) is 0 Å². The van der Waals surface area contributed by atoms with E-state index in [1.54, 1.807) is 13.0 Å². The van der Waals surface area contributed by atoms with E-state index in [2.05, 4.69) is 21.2 Å². The number of benzene rings is 1. The largest absolute Gasteiger partial charge is 0.458 e. The van der Waals surface area contributed by atoms with Crippen molar-refractivity contribution in [3.8, 4) is 11.4 Å². The number of nitrogens with zero attached hydrogens (tertiary/aromatic N) is 2. The van der Waals surface area contributed by atoms with E-state index in [0.29, 0.717) is 45.2 Å². The van der Waals surface area contributed by atoms with Crippen LogP contribution >= 0.6 is 15.9 Å². The van der Waals surface area contributed by atoms with E-state index in [9.17, 15) is 29.0 Å². The van der Waals surface area contributed by atoms with Gasteiger partial charge in [0.2, 0.25) is 5.91 Å². The Morgan fingerprint density at radius 3 is 2.81 bits per heavy atom. The molecule has 2 aliphatic heterocycles. The Balaban J connectivity index is 1.65. The number of halogens is 2. The monoisotopic (exact) mass is 571 g/mol. The number of amides is 1. The Hall–Kier alpha value is -3.15. The molecule has 3 aliphatic rings. The second kappa shape index (κ2) is 8.17. The number of carbonyl (C=O) groups excluding carboxylic acids is 2. The summed E-state index contributed by atoms with van der Waals surface area (Å²) in [6.45, 7) is 2.90. The Labute approximate surface area is 218 Å². The molecular formula is C26H23BrFN3O6. The van der Waals surface area contributed by atoms with Crippen LogP contribution in [0.2, 0.25) is 0 Å². The maximum Gasteiger partial charge on any atom is 0.343 e. The maximum absolute atomic E-state index is 14.9. The van der Waals surface area contributed by atoms with Crippen molar-refractivity contribution < 1.29 is 28.9 Å². The van der Waals surface area contributed by atoms with Gasteiger partial charge in [0.25, 0.3) is 5.56 Å². The summed E-state index contributed by atoms with van der Waals surface area (Å²) in [6.07, 6.45) is -0.278. The second-order valence-electron chi connectivity index (χ2n) is 9.78. The van der Waals surface area contributed by atoms with E-state index in [1.807, 2.05) is 0 Å². The lowest BCUT2D eigenvalue weighted by molar-refractivity contribution is -0.172. The van der Waals surface area contributed by atoms with Crippen LogP contribution in [0.15, 0.2) is 21.4 Å². The van der Waals surface area contributed by atoms with E-state index in [-0.39, 0.29) is 30.7 Å². The average Bonchev–Trinajstić information content (AvgIpc) is 3.24. The molecule has 0 fully saturated rings. The molecule has 4 heterocycles. The number of carbonyl (C=O) groups is 2. The molecule has 2 aromatic heterocycles. The summed E-state index contributed by atoms with van der Waals surface area (Å²) < 4.78 is 21.8. The van der Waals surface area contributed by atoms with Crippen molar-refractivity contribution in [1.29, 1.82) is 0 Å². The molecule has 1 aliphatic carbocycles. The van der Waals surface area contributed by atoms with Crippen LogP contribution in [0.25, 0.3) is 22.3 Å². The van der Waals surface area contributed by atoms with Crippen molar-refractivity contribution in [3.05, 3.63) is 60.6 Å². The summed E-state index contributed by atoms with van der Waals surface area (Å²) in [5, 5.41) is 24.5. The highest BCUT2D eigenvalue weighted by Crippen LogP contribution is 2.46. The average molecular weight is 572 g/mol. The minimum absolute atomic E-state index is 0.0149. The first kappa shape index (κ1) is 24.2. The summed E-state index contributed by atoms with van der Waals surface area (Å²) in [4.78, 5) is 43.3. The van der Waals surface area contributed by atoms with Gasteiger partial charge in [-0.25, -0.2) is 14.2 Å². The third-order valence-corrected chi connectivity index (χ3v) is 8.60. The van der Waals surface area contributed by atoms with Crippen molar-refractivity contribution in [2.45, 2.75) is 64.0 Å². The van der Waals surface area contributed by atoms with E-state index >= 15 is 0 Å². The second-order valence-corrected chi connectivity index (χ2v) is 10.6. The van der Waals surface area contributed by atoms with Gasteiger partial charge in [-0.05, 0) is 59.3 Å². The number of hydrogen-bond donors (Lipinski definition) is 3. The number of hydrogen-bond acceptors (Lipinski definition) is 7. The number of ether oxygens (including phenoxy) is 1. The summed E-state index contributed by atoms with van der Waals surface area (Å²) in [5.74, 6) is -1.83. The summed E-state index contributed by atoms with van der Waals surface area (Å²) in [7, 11) is 0. The number of aliphatic hydroxyl groups excluding tert-OH is 1.